The molecule has 0 radical (unpaired) electrons. The van der Waals surface area contributed by atoms with Crippen molar-refractivity contribution < 1.29 is 8.42 Å². The first kappa shape index (κ1) is 16.9. The summed E-state index contributed by atoms with van der Waals surface area (Å²) >= 11 is 0. The number of sulfonamides is 1. The minimum Gasteiger partial charge on any atom is -0.301 e. The molecule has 0 unspecified atom stereocenters. The topological polar surface area (TPSA) is 43.9 Å². The second-order valence-electron chi connectivity index (χ2n) is 6.69. The summed E-state index contributed by atoms with van der Waals surface area (Å²) in [7, 11) is -3.18. The van der Waals surface area contributed by atoms with Gasteiger partial charge in [0.15, 0.2) is 0 Å². The van der Waals surface area contributed by atoms with Gasteiger partial charge in [-0.05, 0) is 19.0 Å². The van der Waals surface area contributed by atoms with Crippen LogP contribution in [0.25, 0.3) is 0 Å². The van der Waals surface area contributed by atoms with Crippen molar-refractivity contribution in [3.63, 3.8) is 0 Å². The third-order valence-electron chi connectivity index (χ3n) is 5.02. The maximum Gasteiger partial charge on any atom is 0.218 e. The molecule has 2 heterocycles. The number of aryl methyl sites for hydroxylation is 1. The molecule has 0 aromatic heterocycles. The SMILES string of the molecule is CCN1CCN(C2CN(S(=O)(=O)Cc3cccc(C)c3)C2)CC1. The fourth-order valence-corrected chi connectivity index (χ4v) is 5.01. The van der Waals surface area contributed by atoms with Gasteiger partial charge in [0.1, 0.15) is 0 Å². The minimum absolute atomic E-state index is 0.116. The van der Waals surface area contributed by atoms with E-state index < -0.39 is 10.0 Å². The second-order valence-corrected chi connectivity index (χ2v) is 8.66. The molecule has 2 fully saturated rings. The Kier molecular flexibility index (Phi) is 5.06. The van der Waals surface area contributed by atoms with E-state index in [1.54, 1.807) is 4.31 Å². The Labute approximate surface area is 139 Å². The molecule has 3 rings (SSSR count). The number of piperazine rings is 1. The third kappa shape index (κ3) is 3.94. The van der Waals surface area contributed by atoms with Crippen LogP contribution in [0, 0.1) is 6.92 Å². The number of likely N-dealkylation sites (N-methyl/N-ethyl adjacent to an activating group) is 1. The van der Waals surface area contributed by atoms with Gasteiger partial charge in [-0.3, -0.25) is 4.90 Å². The summed E-state index contributed by atoms with van der Waals surface area (Å²) in [4.78, 5) is 4.90. The van der Waals surface area contributed by atoms with E-state index in [1.165, 1.54) is 0 Å². The molecule has 0 bridgehead atoms. The van der Waals surface area contributed by atoms with Gasteiger partial charge < -0.3 is 4.90 Å². The lowest BCUT2D eigenvalue weighted by molar-refractivity contribution is 0.0425. The Bertz CT molecular complexity index is 633. The molecule has 0 N–H and O–H groups in total. The average Bonchev–Trinajstić information content (AvgIpc) is 2.45. The van der Waals surface area contributed by atoms with Gasteiger partial charge in [-0.15, -0.1) is 0 Å². The van der Waals surface area contributed by atoms with Crippen LogP contribution in [0.3, 0.4) is 0 Å². The summed E-state index contributed by atoms with van der Waals surface area (Å²) in [5.74, 6) is 0.116. The lowest BCUT2D eigenvalue weighted by Gasteiger charge is -2.47. The molecule has 0 amide bonds. The summed E-state index contributed by atoms with van der Waals surface area (Å²) in [5, 5.41) is 0. The number of rotatable bonds is 5. The van der Waals surface area contributed by atoms with Crippen molar-refractivity contribution in [2.45, 2.75) is 25.6 Å². The largest absolute Gasteiger partial charge is 0.301 e. The molecular weight excluding hydrogens is 310 g/mol. The van der Waals surface area contributed by atoms with Crippen LogP contribution in [0.15, 0.2) is 24.3 Å². The zero-order valence-corrected chi connectivity index (χ0v) is 14.9. The summed E-state index contributed by atoms with van der Waals surface area (Å²) in [6.07, 6.45) is 0. The number of hydrogen-bond donors (Lipinski definition) is 0. The molecule has 2 aliphatic heterocycles. The number of hydrogen-bond acceptors (Lipinski definition) is 4. The maximum absolute atomic E-state index is 12.5. The molecule has 0 atom stereocenters. The van der Waals surface area contributed by atoms with Gasteiger partial charge >= 0.3 is 0 Å². The van der Waals surface area contributed by atoms with Crippen molar-refractivity contribution >= 4 is 10.0 Å². The molecule has 6 heteroatoms. The Balaban J connectivity index is 1.52. The van der Waals surface area contributed by atoms with Crippen LogP contribution in [-0.2, 0) is 15.8 Å². The van der Waals surface area contributed by atoms with Crippen LogP contribution < -0.4 is 0 Å². The van der Waals surface area contributed by atoms with Crippen LogP contribution >= 0.6 is 0 Å². The predicted octanol–water partition coefficient (Wildman–Crippen LogP) is 1.15. The molecule has 23 heavy (non-hydrogen) atoms. The fraction of sp³-hybridized carbons (Fsp3) is 0.647. The molecule has 5 nitrogen and oxygen atoms in total. The Morgan fingerprint density at radius 3 is 2.43 bits per heavy atom. The molecular formula is C17H27N3O2S. The minimum atomic E-state index is -3.18. The van der Waals surface area contributed by atoms with Gasteiger partial charge in [-0.25, -0.2) is 8.42 Å². The third-order valence-corrected chi connectivity index (χ3v) is 6.81. The predicted molar refractivity (Wildman–Crippen MR) is 92.9 cm³/mol. The van der Waals surface area contributed by atoms with E-state index in [-0.39, 0.29) is 5.75 Å². The fourth-order valence-electron chi connectivity index (χ4n) is 3.42. The summed E-state index contributed by atoms with van der Waals surface area (Å²) < 4.78 is 26.7. The van der Waals surface area contributed by atoms with Gasteiger partial charge in [-0.2, -0.15) is 4.31 Å². The van der Waals surface area contributed by atoms with E-state index in [1.807, 2.05) is 31.2 Å². The summed E-state index contributed by atoms with van der Waals surface area (Å²) in [5.41, 5.74) is 1.98. The Morgan fingerprint density at radius 2 is 1.83 bits per heavy atom. The normalized spacial score (nSPS) is 22.2. The van der Waals surface area contributed by atoms with Gasteiger partial charge in [0.05, 0.1) is 5.75 Å². The average molecular weight is 337 g/mol. The second kappa shape index (κ2) is 6.89. The highest BCUT2D eigenvalue weighted by molar-refractivity contribution is 7.88. The van der Waals surface area contributed by atoms with Crippen molar-refractivity contribution in [1.82, 2.24) is 14.1 Å². The highest BCUT2D eigenvalue weighted by atomic mass is 32.2. The molecule has 0 aliphatic carbocycles. The van der Waals surface area contributed by atoms with E-state index in [0.717, 1.165) is 43.9 Å². The van der Waals surface area contributed by atoms with E-state index in [0.29, 0.717) is 19.1 Å². The van der Waals surface area contributed by atoms with E-state index in [2.05, 4.69) is 16.7 Å². The van der Waals surface area contributed by atoms with Crippen LogP contribution in [0.4, 0.5) is 0 Å². The summed E-state index contributed by atoms with van der Waals surface area (Å²) in [6.45, 7) is 10.9. The molecule has 128 valence electrons. The molecule has 0 spiro atoms. The van der Waals surface area contributed by atoms with E-state index in [9.17, 15) is 8.42 Å². The summed E-state index contributed by atoms with van der Waals surface area (Å²) in [6, 6.07) is 8.17. The van der Waals surface area contributed by atoms with Gasteiger partial charge in [0, 0.05) is 45.3 Å². The molecule has 2 saturated heterocycles. The Morgan fingerprint density at radius 1 is 1.13 bits per heavy atom. The van der Waals surface area contributed by atoms with Gasteiger partial charge in [0.2, 0.25) is 10.0 Å². The van der Waals surface area contributed by atoms with Gasteiger partial charge in [0.25, 0.3) is 0 Å². The van der Waals surface area contributed by atoms with Crippen LogP contribution in [0.1, 0.15) is 18.1 Å². The van der Waals surface area contributed by atoms with Crippen LogP contribution in [0.2, 0.25) is 0 Å². The smallest absolute Gasteiger partial charge is 0.218 e. The first-order valence-electron chi connectivity index (χ1n) is 8.47. The van der Waals surface area contributed by atoms with Crippen molar-refractivity contribution in [2.75, 3.05) is 45.8 Å². The monoisotopic (exact) mass is 337 g/mol. The van der Waals surface area contributed by atoms with Crippen LogP contribution in [0.5, 0.6) is 0 Å². The standard InChI is InChI=1S/C17H27N3O2S/c1-3-18-7-9-19(10-8-18)17-12-20(13-17)23(21,22)14-16-6-4-5-15(2)11-16/h4-6,11,17H,3,7-10,12-14H2,1-2H3. The van der Waals surface area contributed by atoms with E-state index in [4.69, 9.17) is 0 Å². The quantitative estimate of drug-likeness (QED) is 0.808. The molecule has 2 aliphatic rings. The highest BCUT2D eigenvalue weighted by Crippen LogP contribution is 2.22. The highest BCUT2D eigenvalue weighted by Gasteiger charge is 2.39. The number of benzene rings is 1. The van der Waals surface area contributed by atoms with Gasteiger partial charge in [-0.1, -0.05) is 36.8 Å². The molecule has 0 saturated carbocycles. The lowest BCUT2D eigenvalue weighted by Crippen LogP contribution is -2.64. The maximum atomic E-state index is 12.5. The van der Waals surface area contributed by atoms with Crippen molar-refractivity contribution in [2.24, 2.45) is 0 Å². The van der Waals surface area contributed by atoms with Crippen LogP contribution in [-0.4, -0.2) is 74.4 Å². The zero-order valence-electron chi connectivity index (χ0n) is 14.1. The van der Waals surface area contributed by atoms with E-state index >= 15 is 0 Å². The lowest BCUT2D eigenvalue weighted by atomic mass is 10.1. The van der Waals surface area contributed by atoms with Crippen molar-refractivity contribution in [3.8, 4) is 0 Å². The Hall–Kier alpha value is -0.950. The number of nitrogens with zero attached hydrogens (tertiary/aromatic N) is 3. The first-order chi connectivity index (χ1) is 11.0. The first-order valence-corrected chi connectivity index (χ1v) is 10.1. The van der Waals surface area contributed by atoms with Crippen molar-refractivity contribution in [3.05, 3.63) is 35.4 Å². The zero-order chi connectivity index (χ0) is 16.4. The molecule has 1 aromatic rings. The molecule has 1 aromatic carbocycles. The van der Waals surface area contributed by atoms with Crippen molar-refractivity contribution in [1.29, 1.82) is 0 Å².